The van der Waals surface area contributed by atoms with E-state index in [4.69, 9.17) is 10.5 Å². The van der Waals surface area contributed by atoms with Gasteiger partial charge in [-0.3, -0.25) is 4.79 Å². The van der Waals surface area contributed by atoms with Crippen LogP contribution in [0.4, 0.5) is 26.3 Å². The van der Waals surface area contributed by atoms with E-state index in [0.29, 0.717) is 6.07 Å². The number of amides is 1. The first-order valence-corrected chi connectivity index (χ1v) is 6.35. The predicted molar refractivity (Wildman–Crippen MR) is 71.5 cm³/mol. The molecule has 128 valence electrons. The van der Waals surface area contributed by atoms with Gasteiger partial charge in [-0.1, -0.05) is 18.2 Å². The lowest BCUT2D eigenvalue weighted by atomic mass is 10.0. The van der Waals surface area contributed by atoms with Crippen molar-refractivity contribution in [2.24, 2.45) is 5.73 Å². The zero-order valence-electron chi connectivity index (χ0n) is 11.7. The zero-order chi connectivity index (χ0) is 18.1. The minimum absolute atomic E-state index is 0.0487. The van der Waals surface area contributed by atoms with E-state index in [2.05, 4.69) is 0 Å². The second-order valence-electron chi connectivity index (χ2n) is 4.67. The molecule has 1 amide bonds. The van der Waals surface area contributed by atoms with Crippen LogP contribution in [-0.2, 0) is 12.4 Å². The van der Waals surface area contributed by atoms with Crippen molar-refractivity contribution < 1.29 is 35.9 Å². The molecule has 9 heteroatoms. The Morgan fingerprint density at radius 1 is 0.917 bits per heavy atom. The third-order valence-electron chi connectivity index (χ3n) is 2.95. The first kappa shape index (κ1) is 17.6. The molecule has 0 heterocycles. The molecule has 0 aliphatic carbocycles. The topological polar surface area (TPSA) is 52.3 Å². The molecular weight excluding hydrogens is 340 g/mol. The quantitative estimate of drug-likeness (QED) is 0.823. The summed E-state index contributed by atoms with van der Waals surface area (Å²) in [7, 11) is 0. The van der Waals surface area contributed by atoms with Gasteiger partial charge < -0.3 is 10.5 Å². The molecule has 2 aromatic carbocycles. The van der Waals surface area contributed by atoms with E-state index in [1.165, 1.54) is 24.3 Å². The summed E-state index contributed by atoms with van der Waals surface area (Å²) < 4.78 is 82.8. The van der Waals surface area contributed by atoms with Crippen LogP contribution in [0, 0.1) is 0 Å². The molecule has 0 saturated heterocycles. The molecule has 0 unspecified atom stereocenters. The summed E-state index contributed by atoms with van der Waals surface area (Å²) in [4.78, 5) is 11.4. The van der Waals surface area contributed by atoms with Gasteiger partial charge in [0.15, 0.2) is 0 Å². The Bertz CT molecular complexity index is 753. The molecule has 2 rings (SSSR count). The van der Waals surface area contributed by atoms with Crippen LogP contribution < -0.4 is 10.5 Å². The fraction of sp³-hybridized carbons (Fsp3) is 0.133. The maximum absolute atomic E-state index is 13.1. The molecule has 0 bridgehead atoms. The van der Waals surface area contributed by atoms with Crippen molar-refractivity contribution in [3.63, 3.8) is 0 Å². The summed E-state index contributed by atoms with van der Waals surface area (Å²) in [5.74, 6) is -2.52. The number of hydrogen-bond donors (Lipinski definition) is 1. The molecule has 2 N–H and O–H groups in total. The summed E-state index contributed by atoms with van der Waals surface area (Å²) in [5.41, 5.74) is 0.342. The molecule has 0 radical (unpaired) electrons. The Morgan fingerprint density at radius 3 is 1.96 bits per heavy atom. The molecule has 3 nitrogen and oxygen atoms in total. The number of primary amides is 1. The first-order valence-electron chi connectivity index (χ1n) is 6.35. The van der Waals surface area contributed by atoms with Gasteiger partial charge >= 0.3 is 12.4 Å². The number of carbonyl (C=O) groups excluding carboxylic acids is 1. The number of para-hydroxylation sites is 1. The molecule has 24 heavy (non-hydrogen) atoms. The van der Waals surface area contributed by atoms with Gasteiger partial charge in [0.1, 0.15) is 11.5 Å². The molecule has 0 atom stereocenters. The molecule has 0 aromatic heterocycles. The maximum Gasteiger partial charge on any atom is 0.417 e. The van der Waals surface area contributed by atoms with Gasteiger partial charge in [-0.05, 0) is 24.3 Å². The highest BCUT2D eigenvalue weighted by atomic mass is 19.4. The van der Waals surface area contributed by atoms with Gasteiger partial charge in [0.25, 0.3) is 5.91 Å². The van der Waals surface area contributed by atoms with Crippen molar-refractivity contribution in [2.45, 2.75) is 12.4 Å². The SMILES string of the molecule is NC(=O)c1c(Oc2ccccc2)cc(C(F)(F)F)cc1C(F)(F)F. The Hall–Kier alpha value is -2.71. The van der Waals surface area contributed by atoms with Crippen molar-refractivity contribution in [1.29, 1.82) is 0 Å². The average molecular weight is 349 g/mol. The Labute approximate surface area is 131 Å². The lowest BCUT2D eigenvalue weighted by Gasteiger charge is -2.18. The van der Waals surface area contributed by atoms with E-state index in [1.807, 2.05) is 0 Å². The Morgan fingerprint density at radius 2 is 1.50 bits per heavy atom. The summed E-state index contributed by atoms with van der Waals surface area (Å²) in [5, 5.41) is 0. The fourth-order valence-corrected chi connectivity index (χ4v) is 1.95. The van der Waals surface area contributed by atoms with Crippen LogP contribution in [0.25, 0.3) is 0 Å². The zero-order valence-corrected chi connectivity index (χ0v) is 11.7. The van der Waals surface area contributed by atoms with Gasteiger partial charge in [-0.25, -0.2) is 0 Å². The summed E-state index contributed by atoms with van der Waals surface area (Å²) in [6.45, 7) is 0. The van der Waals surface area contributed by atoms with Crippen molar-refractivity contribution in [2.75, 3.05) is 0 Å². The van der Waals surface area contributed by atoms with Crippen LogP contribution in [0.2, 0.25) is 0 Å². The molecule has 0 saturated carbocycles. The van der Waals surface area contributed by atoms with Crippen molar-refractivity contribution in [1.82, 2.24) is 0 Å². The van der Waals surface area contributed by atoms with Gasteiger partial charge in [0.2, 0.25) is 0 Å². The minimum atomic E-state index is -5.22. The lowest BCUT2D eigenvalue weighted by Crippen LogP contribution is -2.21. The summed E-state index contributed by atoms with van der Waals surface area (Å²) >= 11 is 0. The largest absolute Gasteiger partial charge is 0.457 e. The van der Waals surface area contributed by atoms with E-state index in [1.54, 1.807) is 6.07 Å². The van der Waals surface area contributed by atoms with Gasteiger partial charge in [0, 0.05) is 0 Å². The predicted octanol–water partition coefficient (Wildman–Crippen LogP) is 4.62. The smallest absolute Gasteiger partial charge is 0.417 e. The number of halogens is 6. The Kier molecular flexibility index (Phi) is 4.46. The molecule has 0 fully saturated rings. The molecular formula is C15H9F6NO2. The molecule has 0 spiro atoms. The molecule has 2 aromatic rings. The standard InChI is InChI=1S/C15H9F6NO2/c16-14(17,18)8-6-10(15(19,20)21)12(13(22)23)11(7-8)24-9-4-2-1-3-5-9/h1-7H,(H2,22,23). The van der Waals surface area contributed by atoms with Crippen LogP contribution in [0.3, 0.4) is 0 Å². The van der Waals surface area contributed by atoms with Crippen LogP contribution in [0.15, 0.2) is 42.5 Å². The van der Waals surface area contributed by atoms with E-state index >= 15 is 0 Å². The first-order chi connectivity index (χ1) is 11.0. The fourth-order valence-electron chi connectivity index (χ4n) is 1.95. The third kappa shape index (κ3) is 3.79. The number of rotatable bonds is 3. The highest BCUT2D eigenvalue weighted by Gasteiger charge is 2.41. The monoisotopic (exact) mass is 349 g/mol. The van der Waals surface area contributed by atoms with Crippen LogP contribution in [0.1, 0.15) is 21.5 Å². The highest BCUT2D eigenvalue weighted by molar-refractivity contribution is 5.97. The van der Waals surface area contributed by atoms with Crippen LogP contribution >= 0.6 is 0 Å². The summed E-state index contributed by atoms with van der Waals surface area (Å²) in [6, 6.07) is 7.22. The number of ether oxygens (including phenoxy) is 1. The van der Waals surface area contributed by atoms with Crippen LogP contribution in [-0.4, -0.2) is 5.91 Å². The average Bonchev–Trinajstić information content (AvgIpc) is 2.45. The number of nitrogens with two attached hydrogens (primary N) is 1. The normalized spacial score (nSPS) is 12.1. The van der Waals surface area contributed by atoms with E-state index in [-0.39, 0.29) is 11.8 Å². The number of benzene rings is 2. The number of alkyl halides is 6. The summed E-state index contributed by atoms with van der Waals surface area (Å²) in [6.07, 6.45) is -10.3. The third-order valence-corrected chi connectivity index (χ3v) is 2.95. The van der Waals surface area contributed by atoms with E-state index < -0.39 is 40.7 Å². The molecule has 0 aliphatic rings. The van der Waals surface area contributed by atoms with Gasteiger partial charge in [-0.2, -0.15) is 26.3 Å². The van der Waals surface area contributed by atoms with Crippen molar-refractivity contribution in [3.05, 3.63) is 59.2 Å². The second-order valence-corrected chi connectivity index (χ2v) is 4.67. The highest BCUT2D eigenvalue weighted by Crippen LogP contribution is 2.42. The lowest BCUT2D eigenvalue weighted by molar-refractivity contribution is -0.143. The Balaban J connectivity index is 2.72. The van der Waals surface area contributed by atoms with E-state index in [9.17, 15) is 31.1 Å². The van der Waals surface area contributed by atoms with Gasteiger partial charge in [0.05, 0.1) is 16.7 Å². The van der Waals surface area contributed by atoms with E-state index in [0.717, 1.165) is 0 Å². The number of hydrogen-bond acceptors (Lipinski definition) is 2. The molecule has 0 aliphatic heterocycles. The maximum atomic E-state index is 13.1. The second kappa shape index (κ2) is 6.06. The minimum Gasteiger partial charge on any atom is -0.457 e. The van der Waals surface area contributed by atoms with Crippen molar-refractivity contribution in [3.8, 4) is 11.5 Å². The van der Waals surface area contributed by atoms with Crippen LogP contribution in [0.5, 0.6) is 11.5 Å². The number of carbonyl (C=O) groups is 1. The van der Waals surface area contributed by atoms with Gasteiger partial charge in [-0.15, -0.1) is 0 Å². The van der Waals surface area contributed by atoms with Crippen molar-refractivity contribution >= 4 is 5.91 Å².